The van der Waals surface area contributed by atoms with Gasteiger partial charge in [-0.15, -0.1) is 11.6 Å². The van der Waals surface area contributed by atoms with Crippen molar-refractivity contribution in [3.63, 3.8) is 0 Å². The van der Waals surface area contributed by atoms with E-state index in [0.29, 0.717) is 17.2 Å². The van der Waals surface area contributed by atoms with E-state index < -0.39 is 0 Å². The van der Waals surface area contributed by atoms with Crippen LogP contribution in [0.3, 0.4) is 0 Å². The third-order valence-corrected chi connectivity index (χ3v) is 3.90. The summed E-state index contributed by atoms with van der Waals surface area (Å²) in [5, 5.41) is 0. The summed E-state index contributed by atoms with van der Waals surface area (Å²) < 4.78 is 6.03. The van der Waals surface area contributed by atoms with Crippen LogP contribution in [0.25, 0.3) is 0 Å². The highest BCUT2D eigenvalue weighted by Crippen LogP contribution is 2.39. The smallest absolute Gasteiger partial charge is 0.213 e. The van der Waals surface area contributed by atoms with Gasteiger partial charge in [-0.2, -0.15) is 0 Å². The maximum atomic E-state index is 6.03. The van der Waals surface area contributed by atoms with Crippen molar-refractivity contribution >= 4 is 11.6 Å². The van der Waals surface area contributed by atoms with E-state index in [4.69, 9.17) is 16.3 Å². The minimum Gasteiger partial charge on any atom is -0.474 e. The van der Waals surface area contributed by atoms with E-state index in [-0.39, 0.29) is 6.10 Å². The second kappa shape index (κ2) is 5.48. The number of nitrogens with zero attached hydrogens (tertiary/aromatic N) is 1. The molecule has 0 radical (unpaired) electrons. The van der Waals surface area contributed by atoms with E-state index in [1.54, 1.807) is 6.20 Å². The molecule has 0 bridgehead atoms. The summed E-state index contributed by atoms with van der Waals surface area (Å²) in [7, 11) is 0. The fourth-order valence-electron chi connectivity index (χ4n) is 3.12. The molecule has 0 saturated heterocycles. The summed E-state index contributed by atoms with van der Waals surface area (Å²) in [6.45, 7) is 6.95. The lowest BCUT2D eigenvalue weighted by atomic mass is 9.71. The van der Waals surface area contributed by atoms with E-state index in [9.17, 15) is 0 Å². The number of halogens is 1. The third kappa shape index (κ3) is 3.61. The Morgan fingerprint density at radius 3 is 2.89 bits per heavy atom. The SMILES string of the molecule is CC1CC(Oc2cc(CCl)ccn2)CC(C)(C)C1. The summed E-state index contributed by atoms with van der Waals surface area (Å²) in [6, 6.07) is 3.87. The topological polar surface area (TPSA) is 22.1 Å². The zero-order valence-corrected chi connectivity index (χ0v) is 12.2. The van der Waals surface area contributed by atoms with Crippen LogP contribution in [0.4, 0.5) is 0 Å². The van der Waals surface area contributed by atoms with Crippen LogP contribution in [0.15, 0.2) is 18.3 Å². The average Bonchev–Trinajstić information content (AvgIpc) is 2.26. The van der Waals surface area contributed by atoms with Gasteiger partial charge in [-0.25, -0.2) is 4.98 Å². The number of pyridine rings is 1. The summed E-state index contributed by atoms with van der Waals surface area (Å²) in [6.07, 6.45) is 5.55. The van der Waals surface area contributed by atoms with Gasteiger partial charge < -0.3 is 4.74 Å². The zero-order chi connectivity index (χ0) is 13.2. The van der Waals surface area contributed by atoms with E-state index in [0.717, 1.165) is 24.3 Å². The van der Waals surface area contributed by atoms with Crippen LogP contribution in [-0.2, 0) is 5.88 Å². The molecule has 1 saturated carbocycles. The van der Waals surface area contributed by atoms with Crippen molar-refractivity contribution in [3.05, 3.63) is 23.9 Å². The number of hydrogen-bond acceptors (Lipinski definition) is 2. The lowest BCUT2D eigenvalue weighted by Gasteiger charge is -2.38. The quantitative estimate of drug-likeness (QED) is 0.757. The summed E-state index contributed by atoms with van der Waals surface area (Å²) in [5.74, 6) is 1.93. The van der Waals surface area contributed by atoms with Gasteiger partial charge in [0.05, 0.1) is 0 Å². The number of aromatic nitrogens is 1. The largest absolute Gasteiger partial charge is 0.474 e. The van der Waals surface area contributed by atoms with Gasteiger partial charge in [0, 0.05) is 18.1 Å². The Morgan fingerprint density at radius 2 is 2.22 bits per heavy atom. The second-order valence-electron chi connectivity index (χ2n) is 6.29. The molecule has 1 aliphatic carbocycles. The molecule has 0 aliphatic heterocycles. The summed E-state index contributed by atoms with van der Waals surface area (Å²) >= 11 is 5.83. The first-order valence-corrected chi connectivity index (χ1v) is 7.19. The lowest BCUT2D eigenvalue weighted by Crippen LogP contribution is -2.34. The van der Waals surface area contributed by atoms with Gasteiger partial charge in [-0.05, 0) is 42.2 Å². The molecular weight excluding hydrogens is 246 g/mol. The van der Waals surface area contributed by atoms with E-state index in [2.05, 4.69) is 25.8 Å². The predicted octanol–water partition coefficient (Wildman–Crippen LogP) is 4.41. The van der Waals surface area contributed by atoms with Crippen molar-refractivity contribution in [2.75, 3.05) is 0 Å². The van der Waals surface area contributed by atoms with Crippen molar-refractivity contribution < 1.29 is 4.74 Å². The minimum atomic E-state index is 0.279. The number of alkyl halides is 1. The molecule has 2 unspecified atom stereocenters. The van der Waals surface area contributed by atoms with Crippen LogP contribution in [0.5, 0.6) is 5.88 Å². The lowest BCUT2D eigenvalue weighted by molar-refractivity contribution is 0.0532. The molecular formula is C15H22ClNO. The summed E-state index contributed by atoms with van der Waals surface area (Å²) in [4.78, 5) is 4.27. The van der Waals surface area contributed by atoms with Gasteiger partial charge in [0.2, 0.25) is 5.88 Å². The summed E-state index contributed by atoms with van der Waals surface area (Å²) in [5.41, 5.74) is 1.43. The number of hydrogen-bond donors (Lipinski definition) is 0. The number of ether oxygens (including phenoxy) is 1. The molecule has 0 amide bonds. The second-order valence-corrected chi connectivity index (χ2v) is 6.56. The average molecular weight is 268 g/mol. The van der Waals surface area contributed by atoms with Crippen LogP contribution < -0.4 is 4.74 Å². The van der Waals surface area contributed by atoms with E-state index >= 15 is 0 Å². The van der Waals surface area contributed by atoms with Crippen LogP contribution in [0.2, 0.25) is 0 Å². The van der Waals surface area contributed by atoms with Gasteiger partial charge in [0.1, 0.15) is 6.10 Å². The molecule has 1 aromatic heterocycles. The zero-order valence-electron chi connectivity index (χ0n) is 11.4. The first-order chi connectivity index (χ1) is 8.48. The van der Waals surface area contributed by atoms with Crippen molar-refractivity contribution in [2.45, 2.75) is 52.0 Å². The van der Waals surface area contributed by atoms with Crippen molar-refractivity contribution in [1.82, 2.24) is 4.98 Å². The van der Waals surface area contributed by atoms with Crippen molar-refractivity contribution in [3.8, 4) is 5.88 Å². The van der Waals surface area contributed by atoms with Crippen LogP contribution in [0, 0.1) is 11.3 Å². The molecule has 1 fully saturated rings. The van der Waals surface area contributed by atoms with Crippen LogP contribution >= 0.6 is 11.6 Å². The molecule has 2 atom stereocenters. The molecule has 2 nitrogen and oxygen atoms in total. The Hall–Kier alpha value is -0.760. The maximum Gasteiger partial charge on any atom is 0.213 e. The monoisotopic (exact) mass is 267 g/mol. The standard InChI is InChI=1S/C15H22ClNO/c1-11-6-13(9-15(2,3)8-11)18-14-7-12(10-16)4-5-17-14/h4-5,7,11,13H,6,8-10H2,1-3H3. The Balaban J connectivity index is 2.04. The fraction of sp³-hybridized carbons (Fsp3) is 0.667. The normalized spacial score (nSPS) is 26.9. The molecule has 2 rings (SSSR count). The van der Waals surface area contributed by atoms with E-state index in [1.807, 2.05) is 12.1 Å². The van der Waals surface area contributed by atoms with Crippen molar-refractivity contribution in [2.24, 2.45) is 11.3 Å². The van der Waals surface area contributed by atoms with Gasteiger partial charge in [-0.1, -0.05) is 20.8 Å². The molecule has 0 spiro atoms. The predicted molar refractivity (Wildman–Crippen MR) is 75.0 cm³/mol. The fourth-order valence-corrected chi connectivity index (χ4v) is 3.28. The first kappa shape index (κ1) is 13.7. The van der Waals surface area contributed by atoms with Gasteiger partial charge in [0.25, 0.3) is 0 Å². The van der Waals surface area contributed by atoms with Crippen LogP contribution in [0.1, 0.15) is 45.6 Å². The van der Waals surface area contributed by atoms with E-state index in [1.165, 1.54) is 6.42 Å². The van der Waals surface area contributed by atoms with Gasteiger partial charge in [-0.3, -0.25) is 0 Å². The number of rotatable bonds is 3. The Kier molecular flexibility index (Phi) is 4.16. The molecule has 1 aliphatic rings. The molecule has 3 heteroatoms. The Labute approximate surface area is 115 Å². The van der Waals surface area contributed by atoms with Gasteiger partial charge >= 0.3 is 0 Å². The Morgan fingerprint density at radius 1 is 1.44 bits per heavy atom. The maximum absolute atomic E-state index is 6.03. The molecule has 1 heterocycles. The first-order valence-electron chi connectivity index (χ1n) is 6.66. The van der Waals surface area contributed by atoms with Gasteiger partial charge in [0.15, 0.2) is 0 Å². The molecule has 0 aromatic carbocycles. The Bertz CT molecular complexity index is 405. The molecule has 1 aromatic rings. The molecule has 0 N–H and O–H groups in total. The minimum absolute atomic E-state index is 0.279. The highest BCUT2D eigenvalue weighted by atomic mass is 35.5. The van der Waals surface area contributed by atoms with Crippen LogP contribution in [-0.4, -0.2) is 11.1 Å². The molecule has 18 heavy (non-hydrogen) atoms. The highest BCUT2D eigenvalue weighted by Gasteiger charge is 2.33. The highest BCUT2D eigenvalue weighted by molar-refractivity contribution is 6.17. The molecule has 100 valence electrons. The third-order valence-electron chi connectivity index (χ3n) is 3.59. The van der Waals surface area contributed by atoms with Crippen molar-refractivity contribution in [1.29, 1.82) is 0 Å².